The quantitative estimate of drug-likeness (QED) is 0.305. The highest BCUT2D eigenvalue weighted by atomic mass is 32.2. The molecule has 4 saturated carbocycles. The molecular weight excluding hydrogens is 534 g/mol. The van der Waals surface area contributed by atoms with E-state index in [0.29, 0.717) is 30.1 Å². The van der Waals surface area contributed by atoms with Gasteiger partial charge in [0, 0.05) is 19.3 Å². The number of fused-ring (bicyclic) bond motifs is 5. The molecule has 4 rings (SSSR count). The summed E-state index contributed by atoms with van der Waals surface area (Å²) < 4.78 is 67.4. The van der Waals surface area contributed by atoms with Gasteiger partial charge < -0.3 is 14.6 Å². The standard InChI is InChI=1S/C28H44F2O8S/c1-16(5-8-24(33)37-15-28(29,30)39(34,35)36)20-6-7-21-25-22(10-12-27(20,21)4)26(3)11-9-19(32)13-18(26)14-23(25)38-17(2)31/h16,18-23,25,32H,5-15H2,1-4H3,(H,34,35,36)/t16-,18?,19-,20-,21+,22+,23-,25+,26+,27-/m1/s1. The van der Waals surface area contributed by atoms with Crippen LogP contribution in [0.25, 0.3) is 0 Å². The molecule has 2 N–H and O–H groups in total. The predicted molar refractivity (Wildman–Crippen MR) is 138 cm³/mol. The summed E-state index contributed by atoms with van der Waals surface area (Å²) in [6, 6.07) is 0. The molecule has 4 aliphatic carbocycles. The number of carbonyl (C=O) groups is 2. The number of carbonyl (C=O) groups excluding carboxylic acids is 2. The minimum atomic E-state index is -5.65. The van der Waals surface area contributed by atoms with E-state index in [1.54, 1.807) is 0 Å². The van der Waals surface area contributed by atoms with Gasteiger partial charge in [0.1, 0.15) is 6.10 Å². The second kappa shape index (κ2) is 10.8. The molecule has 0 bridgehead atoms. The van der Waals surface area contributed by atoms with Crippen molar-refractivity contribution in [3.05, 3.63) is 0 Å². The summed E-state index contributed by atoms with van der Waals surface area (Å²) in [6.07, 6.45) is 7.16. The van der Waals surface area contributed by atoms with Crippen LogP contribution in [0, 0.1) is 46.3 Å². The van der Waals surface area contributed by atoms with Crippen LogP contribution in [0.2, 0.25) is 0 Å². The van der Waals surface area contributed by atoms with E-state index in [-0.39, 0.29) is 47.3 Å². The Balaban J connectivity index is 1.45. The van der Waals surface area contributed by atoms with E-state index in [1.165, 1.54) is 6.92 Å². The topological polar surface area (TPSA) is 127 Å². The Morgan fingerprint density at radius 3 is 2.33 bits per heavy atom. The SMILES string of the molecule is CC(=O)O[C@@H]1CC2C[C@H](O)CC[C@]2(C)[C@H]2CC[C@]3(C)[C@@H]([C@H](C)CCC(=O)OCC(F)(F)S(=O)(=O)O)CC[C@H]3[C@H]12. The minimum absolute atomic E-state index is 0.0156. The van der Waals surface area contributed by atoms with Crippen LogP contribution in [-0.2, 0) is 29.2 Å². The summed E-state index contributed by atoms with van der Waals surface area (Å²) in [6.45, 7) is 6.51. The van der Waals surface area contributed by atoms with Gasteiger partial charge in [-0.3, -0.25) is 14.1 Å². The number of aliphatic hydroxyl groups excluding tert-OH is 1. The largest absolute Gasteiger partial charge is 0.462 e. The highest BCUT2D eigenvalue weighted by Gasteiger charge is 2.63. The van der Waals surface area contributed by atoms with Crippen LogP contribution in [0.5, 0.6) is 0 Å². The Labute approximate surface area is 230 Å². The summed E-state index contributed by atoms with van der Waals surface area (Å²) in [7, 11) is -5.65. The van der Waals surface area contributed by atoms with Crippen LogP contribution in [0.3, 0.4) is 0 Å². The summed E-state index contributed by atoms with van der Waals surface area (Å²) in [5.74, 6) is 0.557. The third-order valence-corrected chi connectivity index (χ3v) is 12.2. The Kier molecular flexibility index (Phi) is 8.50. The Bertz CT molecular complexity index is 1050. The van der Waals surface area contributed by atoms with Gasteiger partial charge >= 0.3 is 27.3 Å². The summed E-state index contributed by atoms with van der Waals surface area (Å²) >= 11 is 0. The fraction of sp³-hybridized carbons (Fsp3) is 0.929. The Morgan fingerprint density at radius 1 is 1.05 bits per heavy atom. The lowest BCUT2D eigenvalue weighted by Gasteiger charge is -2.62. The minimum Gasteiger partial charge on any atom is -0.462 e. The van der Waals surface area contributed by atoms with Crippen LogP contribution in [0.1, 0.15) is 91.9 Å². The van der Waals surface area contributed by atoms with E-state index < -0.39 is 27.9 Å². The van der Waals surface area contributed by atoms with Crippen molar-refractivity contribution in [1.82, 2.24) is 0 Å². The summed E-state index contributed by atoms with van der Waals surface area (Å²) in [5, 5.41) is 5.86. The van der Waals surface area contributed by atoms with Crippen molar-refractivity contribution < 1.29 is 45.9 Å². The van der Waals surface area contributed by atoms with Crippen molar-refractivity contribution in [3.8, 4) is 0 Å². The van der Waals surface area contributed by atoms with E-state index in [0.717, 1.165) is 51.4 Å². The monoisotopic (exact) mass is 578 g/mol. The molecule has 0 radical (unpaired) electrons. The number of hydrogen-bond donors (Lipinski definition) is 2. The number of alkyl halides is 2. The second-order valence-corrected chi connectivity index (χ2v) is 14.9. The average Bonchev–Trinajstić information content (AvgIpc) is 3.18. The first-order valence-electron chi connectivity index (χ1n) is 14.4. The molecular formula is C28H44F2O8S. The van der Waals surface area contributed by atoms with Gasteiger partial charge in [0.2, 0.25) is 0 Å². The number of aliphatic hydroxyl groups is 1. The predicted octanol–water partition coefficient (Wildman–Crippen LogP) is 4.99. The molecule has 0 amide bonds. The number of halogens is 2. The van der Waals surface area contributed by atoms with E-state index >= 15 is 0 Å². The van der Waals surface area contributed by atoms with E-state index in [9.17, 15) is 31.9 Å². The first-order chi connectivity index (χ1) is 18.0. The normalized spacial score (nSPS) is 41.1. The van der Waals surface area contributed by atoms with Gasteiger partial charge in [-0.15, -0.1) is 0 Å². The van der Waals surface area contributed by atoms with Crippen LogP contribution < -0.4 is 0 Å². The molecule has 39 heavy (non-hydrogen) atoms. The van der Waals surface area contributed by atoms with Gasteiger partial charge in [-0.25, -0.2) is 0 Å². The molecule has 224 valence electrons. The van der Waals surface area contributed by atoms with Crippen LogP contribution >= 0.6 is 0 Å². The van der Waals surface area contributed by atoms with E-state index in [4.69, 9.17) is 9.29 Å². The van der Waals surface area contributed by atoms with Crippen molar-refractivity contribution in [2.75, 3.05) is 6.61 Å². The molecule has 0 aromatic heterocycles. The highest BCUT2D eigenvalue weighted by Crippen LogP contribution is 2.68. The highest BCUT2D eigenvalue weighted by molar-refractivity contribution is 7.86. The van der Waals surface area contributed by atoms with E-state index in [2.05, 4.69) is 25.5 Å². The van der Waals surface area contributed by atoms with Crippen molar-refractivity contribution in [2.24, 2.45) is 46.3 Å². The molecule has 0 aromatic rings. The molecule has 11 heteroatoms. The van der Waals surface area contributed by atoms with Crippen molar-refractivity contribution in [1.29, 1.82) is 0 Å². The van der Waals surface area contributed by atoms with Gasteiger partial charge in [0.05, 0.1) is 6.10 Å². The zero-order chi connectivity index (χ0) is 29.0. The second-order valence-electron chi connectivity index (χ2n) is 13.3. The smallest absolute Gasteiger partial charge is 0.402 e. The molecule has 4 fully saturated rings. The van der Waals surface area contributed by atoms with Crippen molar-refractivity contribution in [2.45, 2.75) is 109 Å². The molecule has 4 aliphatic rings. The number of esters is 2. The number of ether oxygens (including phenoxy) is 2. The summed E-state index contributed by atoms with van der Waals surface area (Å²) in [4.78, 5) is 24.3. The van der Waals surface area contributed by atoms with Crippen molar-refractivity contribution in [3.63, 3.8) is 0 Å². The lowest BCUT2D eigenvalue weighted by Crippen LogP contribution is -2.59. The molecule has 0 spiro atoms. The average molecular weight is 579 g/mol. The van der Waals surface area contributed by atoms with Gasteiger partial charge in [-0.2, -0.15) is 17.2 Å². The van der Waals surface area contributed by atoms with Crippen LogP contribution in [0.4, 0.5) is 8.78 Å². The molecule has 10 atom stereocenters. The molecule has 0 saturated heterocycles. The molecule has 0 heterocycles. The third-order valence-electron chi connectivity index (χ3n) is 11.3. The zero-order valence-electron chi connectivity index (χ0n) is 23.4. The van der Waals surface area contributed by atoms with Gasteiger partial charge in [-0.1, -0.05) is 20.8 Å². The van der Waals surface area contributed by atoms with E-state index in [1.807, 2.05) is 0 Å². The fourth-order valence-electron chi connectivity index (χ4n) is 9.34. The maximum atomic E-state index is 13.4. The fourth-order valence-corrected chi connectivity index (χ4v) is 9.55. The lowest BCUT2D eigenvalue weighted by molar-refractivity contribution is -0.194. The first-order valence-corrected chi connectivity index (χ1v) is 15.8. The van der Waals surface area contributed by atoms with Crippen molar-refractivity contribution >= 4 is 22.1 Å². The molecule has 1 unspecified atom stereocenters. The number of rotatable bonds is 8. The molecule has 8 nitrogen and oxygen atoms in total. The molecule has 0 aliphatic heterocycles. The number of hydrogen-bond acceptors (Lipinski definition) is 7. The van der Waals surface area contributed by atoms with Gasteiger partial charge in [0.25, 0.3) is 0 Å². The zero-order valence-corrected chi connectivity index (χ0v) is 24.2. The van der Waals surface area contributed by atoms with Gasteiger partial charge in [-0.05, 0) is 98.2 Å². The van der Waals surface area contributed by atoms with Gasteiger partial charge in [0.15, 0.2) is 6.61 Å². The Morgan fingerprint density at radius 2 is 1.69 bits per heavy atom. The van der Waals surface area contributed by atoms with Crippen LogP contribution in [0.15, 0.2) is 0 Å². The molecule has 0 aromatic carbocycles. The lowest BCUT2D eigenvalue weighted by atomic mass is 9.43. The maximum absolute atomic E-state index is 13.4. The third kappa shape index (κ3) is 5.73. The van der Waals surface area contributed by atoms with Crippen LogP contribution in [-0.4, -0.2) is 54.1 Å². The first kappa shape index (κ1) is 30.6. The maximum Gasteiger partial charge on any atom is 0.402 e. The summed E-state index contributed by atoms with van der Waals surface area (Å²) in [5.41, 5.74) is 0.0950. The Hall–Kier alpha value is -1.33.